The molecule has 1 heterocycles. The number of rotatable bonds is 6. The van der Waals surface area contributed by atoms with Crippen molar-refractivity contribution in [3.05, 3.63) is 54.1 Å². The Morgan fingerprint density at radius 1 is 1.23 bits per heavy atom. The van der Waals surface area contributed by atoms with Crippen LogP contribution in [0.5, 0.6) is 5.75 Å². The van der Waals surface area contributed by atoms with E-state index in [-0.39, 0.29) is 18.0 Å². The molecular formula is C22H27N3O5. The SMILES string of the molecule is COc1cc(NC(=O)N2CCOC[C@@H]2C[C@H](O)c2ccccc2)ccc1NC(C)=O. The maximum Gasteiger partial charge on any atom is 0.322 e. The van der Waals surface area contributed by atoms with Gasteiger partial charge in [0.1, 0.15) is 5.75 Å². The maximum atomic E-state index is 12.9. The van der Waals surface area contributed by atoms with E-state index in [9.17, 15) is 14.7 Å². The minimum absolute atomic E-state index is 0.210. The summed E-state index contributed by atoms with van der Waals surface area (Å²) in [5.74, 6) is 0.235. The molecule has 3 N–H and O–H groups in total. The van der Waals surface area contributed by atoms with Crippen LogP contribution in [0.25, 0.3) is 0 Å². The summed E-state index contributed by atoms with van der Waals surface area (Å²) in [5.41, 5.74) is 1.87. The van der Waals surface area contributed by atoms with Crippen LogP contribution in [0, 0.1) is 0 Å². The number of hydrogen-bond donors (Lipinski definition) is 3. The molecule has 0 spiro atoms. The first-order valence-electron chi connectivity index (χ1n) is 9.82. The van der Waals surface area contributed by atoms with E-state index < -0.39 is 6.10 Å². The summed E-state index contributed by atoms with van der Waals surface area (Å²) in [6.07, 6.45) is -0.312. The number of aliphatic hydroxyl groups is 1. The molecule has 0 aliphatic carbocycles. The van der Waals surface area contributed by atoms with Gasteiger partial charge in [-0.25, -0.2) is 4.79 Å². The topological polar surface area (TPSA) is 100 Å². The van der Waals surface area contributed by atoms with Gasteiger partial charge in [0.2, 0.25) is 5.91 Å². The second kappa shape index (κ2) is 10.1. The number of ether oxygens (including phenoxy) is 2. The van der Waals surface area contributed by atoms with Crippen LogP contribution in [0.3, 0.4) is 0 Å². The average Bonchev–Trinajstić information content (AvgIpc) is 2.75. The summed E-state index contributed by atoms with van der Waals surface area (Å²) in [5, 5.41) is 16.1. The Morgan fingerprint density at radius 2 is 2.00 bits per heavy atom. The Labute approximate surface area is 175 Å². The molecule has 0 saturated carbocycles. The van der Waals surface area contributed by atoms with Gasteiger partial charge >= 0.3 is 6.03 Å². The first kappa shape index (κ1) is 21.6. The molecule has 2 aromatic carbocycles. The first-order chi connectivity index (χ1) is 14.5. The lowest BCUT2D eigenvalue weighted by molar-refractivity contribution is -0.114. The maximum absolute atomic E-state index is 12.9. The summed E-state index contributed by atoms with van der Waals surface area (Å²) in [6.45, 7) is 2.65. The molecule has 0 unspecified atom stereocenters. The van der Waals surface area contributed by atoms with Crippen LogP contribution in [0.4, 0.5) is 16.2 Å². The number of benzene rings is 2. The smallest absolute Gasteiger partial charge is 0.322 e. The van der Waals surface area contributed by atoms with Crippen molar-refractivity contribution in [3.8, 4) is 5.75 Å². The van der Waals surface area contributed by atoms with Crippen LogP contribution < -0.4 is 15.4 Å². The lowest BCUT2D eigenvalue weighted by Crippen LogP contribution is -2.50. The van der Waals surface area contributed by atoms with Gasteiger partial charge in [0.15, 0.2) is 0 Å². The normalized spacial score (nSPS) is 17.2. The number of urea groups is 1. The molecule has 8 nitrogen and oxygen atoms in total. The van der Waals surface area contributed by atoms with Crippen LogP contribution >= 0.6 is 0 Å². The molecule has 3 rings (SSSR count). The quantitative estimate of drug-likeness (QED) is 0.676. The average molecular weight is 413 g/mol. The second-order valence-corrected chi connectivity index (χ2v) is 7.11. The Hall–Kier alpha value is -3.10. The number of anilines is 2. The van der Waals surface area contributed by atoms with Gasteiger partial charge in [-0.05, 0) is 17.7 Å². The van der Waals surface area contributed by atoms with Gasteiger partial charge < -0.3 is 30.1 Å². The number of amides is 3. The van der Waals surface area contributed by atoms with Crippen molar-refractivity contribution in [2.45, 2.75) is 25.5 Å². The Kier molecular flexibility index (Phi) is 7.26. The van der Waals surface area contributed by atoms with Gasteiger partial charge in [-0.1, -0.05) is 30.3 Å². The third kappa shape index (κ3) is 5.49. The molecule has 0 bridgehead atoms. The predicted molar refractivity (Wildman–Crippen MR) is 114 cm³/mol. The molecule has 1 aliphatic heterocycles. The number of nitrogens with zero attached hydrogens (tertiary/aromatic N) is 1. The number of nitrogens with one attached hydrogen (secondary N) is 2. The summed E-state index contributed by atoms with van der Waals surface area (Å²) >= 11 is 0. The van der Waals surface area contributed by atoms with Crippen LogP contribution in [-0.4, -0.2) is 54.9 Å². The largest absolute Gasteiger partial charge is 0.494 e. The van der Waals surface area contributed by atoms with Crippen molar-refractivity contribution in [3.63, 3.8) is 0 Å². The van der Waals surface area contributed by atoms with Crippen LogP contribution in [-0.2, 0) is 9.53 Å². The van der Waals surface area contributed by atoms with Crippen molar-refractivity contribution >= 4 is 23.3 Å². The van der Waals surface area contributed by atoms with E-state index in [0.29, 0.717) is 43.3 Å². The fourth-order valence-corrected chi connectivity index (χ4v) is 3.44. The van der Waals surface area contributed by atoms with Crippen molar-refractivity contribution in [2.24, 2.45) is 0 Å². The molecule has 8 heteroatoms. The lowest BCUT2D eigenvalue weighted by Gasteiger charge is -2.36. The highest BCUT2D eigenvalue weighted by molar-refractivity contribution is 5.93. The first-order valence-corrected chi connectivity index (χ1v) is 9.82. The number of hydrogen-bond acceptors (Lipinski definition) is 5. The zero-order chi connectivity index (χ0) is 21.5. The predicted octanol–water partition coefficient (Wildman–Crippen LogP) is 3.01. The Balaban J connectivity index is 1.68. The standard InChI is InChI=1S/C22H27N3O5/c1-15(26)23-19-9-8-17(12-21(19)29-2)24-22(28)25-10-11-30-14-18(25)13-20(27)16-6-4-3-5-7-16/h3-9,12,18,20,27H,10-11,13-14H2,1-2H3,(H,23,26)(H,24,28)/t18-,20-/m0/s1. The fraction of sp³-hybridized carbons (Fsp3) is 0.364. The summed E-state index contributed by atoms with van der Waals surface area (Å²) < 4.78 is 10.8. The van der Waals surface area contributed by atoms with Gasteiger partial charge in [0.05, 0.1) is 38.2 Å². The van der Waals surface area contributed by atoms with E-state index in [1.807, 2.05) is 30.3 Å². The van der Waals surface area contributed by atoms with Gasteiger partial charge in [-0.2, -0.15) is 0 Å². The summed E-state index contributed by atoms with van der Waals surface area (Å²) in [4.78, 5) is 25.9. The van der Waals surface area contributed by atoms with E-state index in [4.69, 9.17) is 9.47 Å². The van der Waals surface area contributed by atoms with E-state index in [1.165, 1.54) is 14.0 Å². The van der Waals surface area contributed by atoms with Gasteiger partial charge in [-0.3, -0.25) is 4.79 Å². The minimum atomic E-state index is -0.690. The highest BCUT2D eigenvalue weighted by Gasteiger charge is 2.29. The molecule has 2 aromatic rings. The van der Waals surface area contributed by atoms with Crippen LogP contribution in [0.15, 0.2) is 48.5 Å². The molecular weight excluding hydrogens is 386 g/mol. The Morgan fingerprint density at radius 3 is 2.70 bits per heavy atom. The highest BCUT2D eigenvalue weighted by Crippen LogP contribution is 2.29. The molecule has 1 aliphatic rings. The molecule has 1 saturated heterocycles. The number of carbonyl (C=O) groups is 2. The lowest BCUT2D eigenvalue weighted by atomic mass is 10.0. The molecule has 2 atom stereocenters. The summed E-state index contributed by atoms with van der Waals surface area (Å²) in [6, 6.07) is 13.8. The Bertz CT molecular complexity index is 874. The molecule has 0 aromatic heterocycles. The number of carbonyl (C=O) groups excluding carboxylic acids is 2. The highest BCUT2D eigenvalue weighted by atomic mass is 16.5. The van der Waals surface area contributed by atoms with E-state index in [1.54, 1.807) is 23.1 Å². The number of aliphatic hydroxyl groups excluding tert-OH is 1. The third-order valence-corrected chi connectivity index (χ3v) is 4.93. The van der Waals surface area contributed by atoms with Crippen molar-refractivity contribution in [1.82, 2.24) is 4.90 Å². The van der Waals surface area contributed by atoms with Gasteiger partial charge in [-0.15, -0.1) is 0 Å². The third-order valence-electron chi connectivity index (χ3n) is 4.93. The van der Waals surface area contributed by atoms with Crippen LogP contribution in [0.1, 0.15) is 25.0 Å². The monoisotopic (exact) mass is 413 g/mol. The molecule has 3 amide bonds. The van der Waals surface area contributed by atoms with E-state index in [2.05, 4.69) is 10.6 Å². The zero-order valence-electron chi connectivity index (χ0n) is 17.1. The minimum Gasteiger partial charge on any atom is -0.494 e. The fourth-order valence-electron chi connectivity index (χ4n) is 3.44. The van der Waals surface area contributed by atoms with Crippen molar-refractivity contribution in [2.75, 3.05) is 37.5 Å². The summed E-state index contributed by atoms with van der Waals surface area (Å²) in [7, 11) is 1.50. The molecule has 1 fully saturated rings. The van der Waals surface area contributed by atoms with Gasteiger partial charge in [0, 0.05) is 31.6 Å². The van der Waals surface area contributed by atoms with Crippen molar-refractivity contribution < 1.29 is 24.2 Å². The zero-order valence-corrected chi connectivity index (χ0v) is 17.1. The molecule has 30 heavy (non-hydrogen) atoms. The molecule has 0 radical (unpaired) electrons. The number of morpholine rings is 1. The van der Waals surface area contributed by atoms with E-state index in [0.717, 1.165) is 5.56 Å². The second-order valence-electron chi connectivity index (χ2n) is 7.11. The molecule has 160 valence electrons. The van der Waals surface area contributed by atoms with Crippen molar-refractivity contribution in [1.29, 1.82) is 0 Å². The number of methoxy groups -OCH3 is 1. The van der Waals surface area contributed by atoms with E-state index >= 15 is 0 Å². The van der Waals surface area contributed by atoms with Gasteiger partial charge in [0.25, 0.3) is 0 Å². The van der Waals surface area contributed by atoms with Crippen LogP contribution in [0.2, 0.25) is 0 Å².